The molecule has 1 aliphatic rings. The molecule has 1 amide bonds. The Hall–Kier alpha value is -2.08. The first-order valence-electron chi connectivity index (χ1n) is 6.55. The molecule has 6 nitrogen and oxygen atoms in total. The average molecular weight is 278 g/mol. The van der Waals surface area contributed by atoms with Gasteiger partial charge in [-0.05, 0) is 31.0 Å². The predicted molar refractivity (Wildman–Crippen MR) is 73.7 cm³/mol. The number of amides is 1. The lowest BCUT2D eigenvalue weighted by Crippen LogP contribution is -2.40. The van der Waals surface area contributed by atoms with E-state index in [-0.39, 0.29) is 29.3 Å². The van der Waals surface area contributed by atoms with Gasteiger partial charge in [0.1, 0.15) is 5.75 Å². The minimum atomic E-state index is -1.21. The number of rotatable bonds is 4. The number of nitrogens with two attached hydrogens (primary N) is 1. The monoisotopic (exact) mass is 278 g/mol. The van der Waals surface area contributed by atoms with Gasteiger partial charge in [0.15, 0.2) is 0 Å². The molecule has 0 atom stereocenters. The van der Waals surface area contributed by atoms with Crippen molar-refractivity contribution in [2.75, 3.05) is 5.32 Å². The Bertz CT molecular complexity index is 536. The number of nitrogens with one attached hydrogen (secondary N) is 1. The molecule has 20 heavy (non-hydrogen) atoms. The van der Waals surface area contributed by atoms with Crippen LogP contribution in [-0.2, 0) is 4.79 Å². The minimum Gasteiger partial charge on any atom is -0.508 e. The number of hydrogen-bond donors (Lipinski definition) is 4. The van der Waals surface area contributed by atoms with Crippen molar-refractivity contribution in [3.8, 4) is 5.75 Å². The first kappa shape index (κ1) is 14.3. The summed E-state index contributed by atoms with van der Waals surface area (Å²) in [6.45, 7) is 0. The summed E-state index contributed by atoms with van der Waals surface area (Å²) in [5.41, 5.74) is 5.66. The molecule has 0 spiro atoms. The third-order valence-electron chi connectivity index (χ3n) is 3.62. The van der Waals surface area contributed by atoms with Crippen LogP contribution in [0.3, 0.4) is 0 Å². The molecule has 6 heteroatoms. The average Bonchev–Trinajstić information content (AvgIpc) is 2.77. The number of carbonyl (C=O) groups is 2. The summed E-state index contributed by atoms with van der Waals surface area (Å²) in [7, 11) is 0. The lowest BCUT2D eigenvalue weighted by Gasteiger charge is -2.22. The highest BCUT2D eigenvalue weighted by Crippen LogP contribution is 2.30. The van der Waals surface area contributed by atoms with Crippen LogP contribution in [-0.4, -0.2) is 27.6 Å². The van der Waals surface area contributed by atoms with Crippen molar-refractivity contribution in [1.82, 2.24) is 0 Å². The van der Waals surface area contributed by atoms with E-state index >= 15 is 0 Å². The lowest BCUT2D eigenvalue weighted by molar-refractivity contribution is -0.117. The number of hydrogen-bond acceptors (Lipinski definition) is 4. The predicted octanol–water partition coefficient (Wildman–Crippen LogP) is 1.69. The zero-order valence-electron chi connectivity index (χ0n) is 11.1. The van der Waals surface area contributed by atoms with Crippen molar-refractivity contribution in [2.24, 2.45) is 5.73 Å². The summed E-state index contributed by atoms with van der Waals surface area (Å²) < 4.78 is 0. The summed E-state index contributed by atoms with van der Waals surface area (Å²) in [6.07, 6.45) is 3.82. The van der Waals surface area contributed by atoms with Crippen molar-refractivity contribution >= 4 is 17.6 Å². The zero-order valence-corrected chi connectivity index (χ0v) is 11.1. The SMILES string of the molecule is NC1(CC(=O)Nc2ccc(O)cc2C(=O)O)CCCC1. The van der Waals surface area contributed by atoms with Crippen molar-refractivity contribution in [1.29, 1.82) is 0 Å². The molecule has 1 fully saturated rings. The fourth-order valence-electron chi connectivity index (χ4n) is 2.59. The number of carboxylic acid groups (broad SMARTS) is 1. The molecule has 108 valence electrons. The van der Waals surface area contributed by atoms with E-state index in [1.54, 1.807) is 0 Å². The smallest absolute Gasteiger partial charge is 0.337 e. The summed E-state index contributed by atoms with van der Waals surface area (Å²) in [5.74, 6) is -1.67. The van der Waals surface area contributed by atoms with Crippen LogP contribution in [0.15, 0.2) is 18.2 Å². The molecule has 1 aliphatic carbocycles. The second kappa shape index (κ2) is 5.50. The van der Waals surface area contributed by atoms with Gasteiger partial charge in [-0.3, -0.25) is 4.79 Å². The first-order chi connectivity index (χ1) is 9.39. The molecule has 0 bridgehead atoms. The fourth-order valence-corrected chi connectivity index (χ4v) is 2.59. The Labute approximate surface area is 116 Å². The standard InChI is InChI=1S/C14H18N2O4/c15-14(5-1-2-6-14)8-12(18)16-11-4-3-9(17)7-10(11)13(19)20/h3-4,7,17H,1-2,5-6,8,15H2,(H,16,18)(H,19,20). The highest BCUT2D eigenvalue weighted by Gasteiger charge is 2.31. The number of phenolic OH excluding ortho intramolecular Hbond substituents is 1. The summed E-state index contributed by atoms with van der Waals surface area (Å²) in [5, 5.41) is 20.9. The molecule has 1 aromatic rings. The van der Waals surface area contributed by atoms with Gasteiger partial charge in [0.05, 0.1) is 11.3 Å². The first-order valence-corrected chi connectivity index (χ1v) is 6.55. The quantitative estimate of drug-likeness (QED) is 0.626. The van der Waals surface area contributed by atoms with Gasteiger partial charge in [0.2, 0.25) is 5.91 Å². The van der Waals surface area contributed by atoms with Crippen LogP contribution < -0.4 is 11.1 Å². The maximum Gasteiger partial charge on any atom is 0.337 e. The number of aromatic carboxylic acids is 1. The topological polar surface area (TPSA) is 113 Å². The molecule has 0 unspecified atom stereocenters. The number of phenols is 1. The molecule has 0 saturated heterocycles. The van der Waals surface area contributed by atoms with Crippen LogP contribution in [0.4, 0.5) is 5.69 Å². The second-order valence-corrected chi connectivity index (χ2v) is 5.33. The van der Waals surface area contributed by atoms with E-state index in [1.807, 2.05) is 0 Å². The molecule has 0 heterocycles. The van der Waals surface area contributed by atoms with Crippen molar-refractivity contribution in [3.63, 3.8) is 0 Å². The van der Waals surface area contributed by atoms with Gasteiger partial charge in [0, 0.05) is 12.0 Å². The van der Waals surface area contributed by atoms with Gasteiger partial charge in [-0.25, -0.2) is 4.79 Å². The molecule has 1 aromatic carbocycles. The van der Waals surface area contributed by atoms with Gasteiger partial charge in [0.25, 0.3) is 0 Å². The van der Waals surface area contributed by atoms with Gasteiger partial charge in [-0.1, -0.05) is 12.8 Å². The van der Waals surface area contributed by atoms with Crippen LogP contribution in [0.25, 0.3) is 0 Å². The zero-order chi connectivity index (χ0) is 14.8. The molecule has 0 radical (unpaired) electrons. The van der Waals surface area contributed by atoms with Gasteiger partial charge in [-0.2, -0.15) is 0 Å². The Morgan fingerprint density at radius 2 is 1.95 bits per heavy atom. The van der Waals surface area contributed by atoms with E-state index in [2.05, 4.69) is 5.32 Å². The second-order valence-electron chi connectivity index (χ2n) is 5.33. The third kappa shape index (κ3) is 3.27. The van der Waals surface area contributed by atoms with E-state index in [1.165, 1.54) is 12.1 Å². The Morgan fingerprint density at radius 1 is 1.30 bits per heavy atom. The fraction of sp³-hybridized carbons (Fsp3) is 0.429. The summed E-state index contributed by atoms with van der Waals surface area (Å²) in [4.78, 5) is 23.1. The molecule has 5 N–H and O–H groups in total. The number of aromatic hydroxyl groups is 1. The van der Waals surface area contributed by atoms with Crippen molar-refractivity contribution in [3.05, 3.63) is 23.8 Å². The summed E-state index contributed by atoms with van der Waals surface area (Å²) >= 11 is 0. The number of carbonyl (C=O) groups excluding carboxylic acids is 1. The van der Waals surface area contributed by atoms with Gasteiger partial charge in [-0.15, -0.1) is 0 Å². The largest absolute Gasteiger partial charge is 0.508 e. The normalized spacial score (nSPS) is 16.9. The van der Waals surface area contributed by atoms with Crippen LogP contribution in [0, 0.1) is 0 Å². The lowest BCUT2D eigenvalue weighted by atomic mass is 9.94. The van der Waals surface area contributed by atoms with Crippen LogP contribution in [0.5, 0.6) is 5.75 Å². The van der Waals surface area contributed by atoms with Crippen LogP contribution in [0.1, 0.15) is 42.5 Å². The molecular weight excluding hydrogens is 260 g/mol. The van der Waals surface area contributed by atoms with Crippen molar-refractivity contribution in [2.45, 2.75) is 37.6 Å². The van der Waals surface area contributed by atoms with E-state index in [0.717, 1.165) is 31.7 Å². The summed E-state index contributed by atoms with van der Waals surface area (Å²) in [6, 6.07) is 3.80. The van der Waals surface area contributed by atoms with E-state index in [0.29, 0.717) is 0 Å². The maximum absolute atomic E-state index is 12.0. The maximum atomic E-state index is 12.0. The Kier molecular flexibility index (Phi) is 3.94. The van der Waals surface area contributed by atoms with Gasteiger partial charge >= 0.3 is 5.97 Å². The molecule has 0 aromatic heterocycles. The molecule has 2 rings (SSSR count). The van der Waals surface area contributed by atoms with E-state index in [4.69, 9.17) is 10.8 Å². The number of carboxylic acids is 1. The van der Waals surface area contributed by atoms with Crippen LogP contribution in [0.2, 0.25) is 0 Å². The highest BCUT2D eigenvalue weighted by molar-refractivity contribution is 6.01. The minimum absolute atomic E-state index is 0.143. The number of benzene rings is 1. The Balaban J connectivity index is 2.09. The van der Waals surface area contributed by atoms with Crippen LogP contribution >= 0.6 is 0 Å². The highest BCUT2D eigenvalue weighted by atomic mass is 16.4. The molecule has 1 saturated carbocycles. The van der Waals surface area contributed by atoms with E-state index < -0.39 is 11.5 Å². The number of anilines is 1. The third-order valence-corrected chi connectivity index (χ3v) is 3.62. The molecule has 0 aliphatic heterocycles. The van der Waals surface area contributed by atoms with Crippen molar-refractivity contribution < 1.29 is 19.8 Å². The van der Waals surface area contributed by atoms with E-state index in [9.17, 15) is 14.7 Å². The Morgan fingerprint density at radius 3 is 2.55 bits per heavy atom. The molecular formula is C14H18N2O4. The van der Waals surface area contributed by atoms with Gasteiger partial charge < -0.3 is 21.3 Å².